The predicted molar refractivity (Wildman–Crippen MR) is 47.5 cm³/mol. The fourth-order valence-corrected chi connectivity index (χ4v) is 0.559. The summed E-state index contributed by atoms with van der Waals surface area (Å²) in [5.74, 6) is 6.24. The molecule has 0 heterocycles. The van der Waals surface area contributed by atoms with Crippen LogP contribution in [0, 0.1) is 17.8 Å². The molecule has 0 spiro atoms. The molecule has 0 saturated heterocycles. The highest BCUT2D eigenvalue weighted by molar-refractivity contribution is 5.45. The van der Waals surface area contributed by atoms with Crippen molar-refractivity contribution in [2.45, 2.75) is 13.8 Å². The average Bonchev–Trinajstić information content (AvgIpc) is 2.02. The van der Waals surface area contributed by atoms with E-state index in [9.17, 15) is 4.79 Å². The summed E-state index contributed by atoms with van der Waals surface area (Å²) in [6.07, 6.45) is 0.656. The Bertz CT molecular complexity index is 167. The number of hydrogen-bond acceptors (Lipinski definition) is 2. The van der Waals surface area contributed by atoms with Crippen LogP contribution in [0.15, 0.2) is 0 Å². The number of carbonyl (C=O) groups is 1. The third kappa shape index (κ3) is 8.99. The van der Waals surface area contributed by atoms with E-state index in [1.165, 1.54) is 0 Å². The first-order chi connectivity index (χ1) is 5.77. The number of carbonyl (C=O) groups excluding carboxylic acids is 1. The summed E-state index contributed by atoms with van der Waals surface area (Å²) >= 11 is 0. The van der Waals surface area contributed by atoms with Gasteiger partial charge in [-0.25, -0.2) is 0 Å². The van der Waals surface area contributed by atoms with Gasteiger partial charge in [-0.3, -0.25) is 4.79 Å². The Labute approximate surface area is 73.5 Å². The lowest BCUT2D eigenvalue weighted by atomic mass is 10.2. The van der Waals surface area contributed by atoms with Crippen LogP contribution in [0.4, 0.5) is 0 Å². The van der Waals surface area contributed by atoms with Crippen molar-refractivity contribution in [2.24, 2.45) is 5.92 Å². The molecule has 0 saturated carbocycles. The molecule has 0 aliphatic carbocycles. The van der Waals surface area contributed by atoms with Gasteiger partial charge in [0.05, 0.1) is 6.61 Å². The van der Waals surface area contributed by atoms with Crippen LogP contribution in [0.5, 0.6) is 0 Å². The highest BCUT2D eigenvalue weighted by atomic mass is 16.5. The third-order valence-electron chi connectivity index (χ3n) is 1.04. The summed E-state index contributed by atoms with van der Waals surface area (Å²) in [6, 6.07) is 0. The molecule has 1 amide bonds. The molecule has 0 fully saturated rings. The van der Waals surface area contributed by atoms with E-state index in [4.69, 9.17) is 4.74 Å². The molecule has 0 aromatic heterocycles. The molecule has 0 unspecified atom stereocenters. The Balaban J connectivity index is 3.11. The van der Waals surface area contributed by atoms with E-state index in [0.29, 0.717) is 32.1 Å². The monoisotopic (exact) mass is 169 g/mol. The van der Waals surface area contributed by atoms with Crippen molar-refractivity contribution in [2.75, 3.05) is 19.8 Å². The maximum Gasteiger partial charge on any atom is 0.207 e. The first kappa shape index (κ1) is 11.0. The van der Waals surface area contributed by atoms with Crippen LogP contribution in [0.3, 0.4) is 0 Å². The summed E-state index contributed by atoms with van der Waals surface area (Å²) < 4.78 is 5.09. The minimum absolute atomic E-state index is 0.390. The maximum atomic E-state index is 9.79. The van der Waals surface area contributed by atoms with E-state index >= 15 is 0 Å². The molecular formula is C9H15NO2. The van der Waals surface area contributed by atoms with E-state index in [2.05, 4.69) is 17.2 Å². The Kier molecular flexibility index (Phi) is 7.41. The lowest BCUT2D eigenvalue weighted by molar-refractivity contribution is -0.109. The Morgan fingerprint density at radius 1 is 1.58 bits per heavy atom. The summed E-state index contributed by atoms with van der Waals surface area (Å²) in [6.45, 7) is 5.57. The predicted octanol–water partition coefficient (Wildman–Crippen LogP) is 0.408. The van der Waals surface area contributed by atoms with Crippen LogP contribution < -0.4 is 5.32 Å². The molecule has 68 valence electrons. The van der Waals surface area contributed by atoms with Crippen molar-refractivity contribution in [3.63, 3.8) is 0 Å². The van der Waals surface area contributed by atoms with Crippen molar-refractivity contribution in [3.8, 4) is 11.8 Å². The van der Waals surface area contributed by atoms with Crippen molar-refractivity contribution in [1.82, 2.24) is 5.32 Å². The van der Waals surface area contributed by atoms with E-state index in [1.54, 1.807) is 0 Å². The molecular weight excluding hydrogens is 154 g/mol. The molecule has 0 rings (SSSR count). The van der Waals surface area contributed by atoms with Crippen LogP contribution in [0.1, 0.15) is 13.8 Å². The van der Waals surface area contributed by atoms with Gasteiger partial charge in [0.15, 0.2) is 0 Å². The fourth-order valence-electron chi connectivity index (χ4n) is 0.559. The molecule has 3 heteroatoms. The zero-order valence-corrected chi connectivity index (χ0v) is 7.59. The van der Waals surface area contributed by atoms with Crippen LogP contribution in [0.25, 0.3) is 0 Å². The van der Waals surface area contributed by atoms with Gasteiger partial charge < -0.3 is 10.1 Å². The lowest BCUT2D eigenvalue weighted by Gasteiger charge is -1.97. The first-order valence-electron chi connectivity index (χ1n) is 4.00. The fraction of sp³-hybridized carbons (Fsp3) is 0.667. The van der Waals surface area contributed by atoms with Gasteiger partial charge in [0.1, 0.15) is 6.61 Å². The minimum Gasteiger partial charge on any atom is -0.367 e. The van der Waals surface area contributed by atoms with E-state index in [-0.39, 0.29) is 0 Å². The summed E-state index contributed by atoms with van der Waals surface area (Å²) in [5.41, 5.74) is 0. The third-order valence-corrected chi connectivity index (χ3v) is 1.04. The molecule has 0 aromatic carbocycles. The molecule has 0 aromatic rings. The second-order valence-electron chi connectivity index (χ2n) is 2.60. The molecule has 0 atom stereocenters. The van der Waals surface area contributed by atoms with Crippen molar-refractivity contribution in [1.29, 1.82) is 0 Å². The van der Waals surface area contributed by atoms with Gasteiger partial charge in [-0.15, -0.1) is 0 Å². The maximum absolute atomic E-state index is 9.79. The van der Waals surface area contributed by atoms with Gasteiger partial charge in [0.2, 0.25) is 6.41 Å². The molecule has 3 nitrogen and oxygen atoms in total. The molecule has 0 aliphatic heterocycles. The second kappa shape index (κ2) is 8.09. The largest absolute Gasteiger partial charge is 0.367 e. The van der Waals surface area contributed by atoms with Gasteiger partial charge >= 0.3 is 0 Å². The SMILES string of the molecule is CC(C)C#CCOCCNC=O. The average molecular weight is 169 g/mol. The van der Waals surface area contributed by atoms with Crippen LogP contribution in [-0.2, 0) is 9.53 Å². The van der Waals surface area contributed by atoms with Crippen molar-refractivity contribution >= 4 is 6.41 Å². The van der Waals surface area contributed by atoms with Gasteiger partial charge in [-0.05, 0) is 0 Å². The molecule has 12 heavy (non-hydrogen) atoms. The van der Waals surface area contributed by atoms with Crippen molar-refractivity contribution in [3.05, 3.63) is 0 Å². The smallest absolute Gasteiger partial charge is 0.207 e. The van der Waals surface area contributed by atoms with E-state index < -0.39 is 0 Å². The van der Waals surface area contributed by atoms with Crippen molar-refractivity contribution < 1.29 is 9.53 Å². The molecule has 1 N–H and O–H groups in total. The van der Waals surface area contributed by atoms with E-state index in [0.717, 1.165) is 0 Å². The topological polar surface area (TPSA) is 38.3 Å². The Morgan fingerprint density at radius 3 is 2.92 bits per heavy atom. The second-order valence-corrected chi connectivity index (χ2v) is 2.60. The number of rotatable bonds is 5. The minimum atomic E-state index is 0.390. The van der Waals surface area contributed by atoms with Gasteiger partial charge in [-0.1, -0.05) is 25.7 Å². The standard InChI is InChI=1S/C9H15NO2/c1-9(2)4-3-6-12-7-5-10-8-11/h8-9H,5-7H2,1-2H3,(H,10,11). The normalized spacial score (nSPS) is 8.92. The summed E-state index contributed by atoms with van der Waals surface area (Å²) in [7, 11) is 0. The Hall–Kier alpha value is -1.01. The quantitative estimate of drug-likeness (QED) is 0.368. The molecule has 0 radical (unpaired) electrons. The number of nitrogens with one attached hydrogen (secondary N) is 1. The number of ether oxygens (including phenoxy) is 1. The zero-order valence-electron chi connectivity index (χ0n) is 7.59. The van der Waals surface area contributed by atoms with Crippen LogP contribution >= 0.6 is 0 Å². The number of amides is 1. The molecule has 0 bridgehead atoms. The first-order valence-corrected chi connectivity index (χ1v) is 4.00. The van der Waals surface area contributed by atoms with Crippen LogP contribution in [-0.4, -0.2) is 26.2 Å². The van der Waals surface area contributed by atoms with Gasteiger partial charge in [0, 0.05) is 12.5 Å². The summed E-state index contributed by atoms with van der Waals surface area (Å²) in [4.78, 5) is 9.79. The van der Waals surface area contributed by atoms with Gasteiger partial charge in [0.25, 0.3) is 0 Å². The van der Waals surface area contributed by atoms with Crippen LogP contribution in [0.2, 0.25) is 0 Å². The highest BCUT2D eigenvalue weighted by Gasteiger charge is 1.84. The van der Waals surface area contributed by atoms with E-state index in [1.807, 2.05) is 13.8 Å². The Morgan fingerprint density at radius 2 is 2.33 bits per heavy atom. The van der Waals surface area contributed by atoms with Gasteiger partial charge in [-0.2, -0.15) is 0 Å². The zero-order chi connectivity index (χ0) is 9.23. The number of hydrogen-bond donors (Lipinski definition) is 1. The highest BCUT2D eigenvalue weighted by Crippen LogP contribution is 1.85. The summed E-state index contributed by atoms with van der Waals surface area (Å²) in [5, 5.41) is 2.49. The lowest BCUT2D eigenvalue weighted by Crippen LogP contribution is -2.17. The molecule has 0 aliphatic rings.